The van der Waals surface area contributed by atoms with E-state index in [0.717, 1.165) is 0 Å². The fraction of sp³-hybridized carbons (Fsp3) is 0.800. The molecular formula is C15H25NO6. The van der Waals surface area contributed by atoms with Gasteiger partial charge in [0.1, 0.15) is 6.04 Å². The first kappa shape index (κ1) is 18.6. The molecule has 0 aliphatic carbocycles. The second kappa shape index (κ2) is 8.85. The molecular weight excluding hydrogens is 290 g/mol. The summed E-state index contributed by atoms with van der Waals surface area (Å²) in [6.45, 7) is 5.37. The second-order valence-electron chi connectivity index (χ2n) is 5.94. The van der Waals surface area contributed by atoms with Gasteiger partial charge < -0.3 is 18.9 Å². The predicted molar refractivity (Wildman–Crippen MR) is 79.6 cm³/mol. The van der Waals surface area contributed by atoms with Crippen LogP contribution in [0.2, 0.25) is 0 Å². The number of rotatable bonds is 7. The van der Waals surface area contributed by atoms with E-state index in [2.05, 4.69) is 28.3 Å². The molecule has 7 nitrogen and oxygen atoms in total. The van der Waals surface area contributed by atoms with Crippen LogP contribution < -0.4 is 0 Å². The van der Waals surface area contributed by atoms with Gasteiger partial charge in [0, 0.05) is 24.5 Å². The molecule has 1 fully saturated rings. The van der Waals surface area contributed by atoms with Crippen molar-refractivity contribution in [1.29, 1.82) is 0 Å². The molecule has 0 radical (unpaired) electrons. The fourth-order valence-electron chi connectivity index (χ4n) is 1.88. The number of methoxy groups -OCH3 is 2. The molecule has 1 aliphatic heterocycles. The summed E-state index contributed by atoms with van der Waals surface area (Å²) < 4.78 is 20.4. The number of nitrogens with zero attached hydrogens (tertiary/aromatic N) is 1. The zero-order valence-corrected chi connectivity index (χ0v) is 13.7. The third kappa shape index (κ3) is 6.53. The molecule has 1 rings (SSSR count). The summed E-state index contributed by atoms with van der Waals surface area (Å²) in [7, 11) is 2.59. The topological polar surface area (TPSA) is 83.4 Å². The average molecular weight is 315 g/mol. The summed E-state index contributed by atoms with van der Waals surface area (Å²) >= 11 is 0. The third-order valence-electron chi connectivity index (χ3n) is 3.23. The first-order chi connectivity index (χ1) is 10.4. The molecule has 0 aromatic heterocycles. The molecule has 1 aliphatic rings. The Morgan fingerprint density at radius 1 is 1.27 bits per heavy atom. The standard InChI is InChI=1S/C15H25NO6/c1-15(2)9-21-13(22-10-15)7-8-16-11(14(18)20-4)5-6-12(17)19-3/h8,11,13H,5-7,9-10H2,1-4H3/t11-/m0/s1. The molecule has 0 unspecified atom stereocenters. The van der Waals surface area contributed by atoms with E-state index < -0.39 is 12.0 Å². The maximum absolute atomic E-state index is 11.6. The summed E-state index contributed by atoms with van der Waals surface area (Å²) in [4.78, 5) is 26.9. The van der Waals surface area contributed by atoms with Gasteiger partial charge in [0.2, 0.25) is 0 Å². The zero-order chi connectivity index (χ0) is 16.6. The highest BCUT2D eigenvalue weighted by Gasteiger charge is 2.28. The molecule has 0 aromatic carbocycles. The van der Waals surface area contributed by atoms with Gasteiger partial charge in [-0.2, -0.15) is 0 Å². The van der Waals surface area contributed by atoms with Crippen LogP contribution in [-0.2, 0) is 28.5 Å². The first-order valence-electron chi connectivity index (χ1n) is 7.27. The van der Waals surface area contributed by atoms with Crippen LogP contribution in [0.15, 0.2) is 4.99 Å². The number of carbonyl (C=O) groups is 2. The van der Waals surface area contributed by atoms with Gasteiger partial charge in [-0.15, -0.1) is 0 Å². The first-order valence-corrected chi connectivity index (χ1v) is 7.27. The van der Waals surface area contributed by atoms with Gasteiger partial charge in [-0.3, -0.25) is 9.79 Å². The molecule has 0 spiro atoms. The van der Waals surface area contributed by atoms with E-state index >= 15 is 0 Å². The number of esters is 2. The molecule has 1 saturated heterocycles. The van der Waals surface area contributed by atoms with E-state index in [4.69, 9.17) is 9.47 Å². The molecule has 0 amide bonds. The molecule has 0 saturated carbocycles. The highest BCUT2D eigenvalue weighted by molar-refractivity contribution is 5.79. The van der Waals surface area contributed by atoms with Crippen LogP contribution in [0.5, 0.6) is 0 Å². The molecule has 1 atom stereocenters. The van der Waals surface area contributed by atoms with Crippen LogP contribution in [0, 0.1) is 5.41 Å². The monoisotopic (exact) mass is 315 g/mol. The molecule has 1 heterocycles. The lowest BCUT2D eigenvalue weighted by atomic mass is 9.95. The highest BCUT2D eigenvalue weighted by Crippen LogP contribution is 2.23. The molecule has 22 heavy (non-hydrogen) atoms. The van der Waals surface area contributed by atoms with Crippen molar-refractivity contribution in [3.63, 3.8) is 0 Å². The van der Waals surface area contributed by atoms with Crippen LogP contribution in [0.1, 0.15) is 33.1 Å². The van der Waals surface area contributed by atoms with Crippen LogP contribution in [0.3, 0.4) is 0 Å². The van der Waals surface area contributed by atoms with Crippen molar-refractivity contribution in [3.05, 3.63) is 0 Å². The smallest absolute Gasteiger partial charge is 0.330 e. The minimum absolute atomic E-state index is 0.0166. The summed E-state index contributed by atoms with van der Waals surface area (Å²) in [5, 5.41) is 0. The van der Waals surface area contributed by atoms with Gasteiger partial charge >= 0.3 is 11.9 Å². The van der Waals surface area contributed by atoms with Crippen LogP contribution >= 0.6 is 0 Å². The molecule has 0 bridgehead atoms. The van der Waals surface area contributed by atoms with E-state index in [0.29, 0.717) is 19.6 Å². The van der Waals surface area contributed by atoms with Crippen molar-refractivity contribution in [1.82, 2.24) is 0 Å². The highest BCUT2D eigenvalue weighted by atomic mass is 16.7. The second-order valence-corrected chi connectivity index (χ2v) is 5.94. The molecule has 0 N–H and O–H groups in total. The van der Waals surface area contributed by atoms with Crippen molar-refractivity contribution >= 4 is 18.2 Å². The Morgan fingerprint density at radius 3 is 2.45 bits per heavy atom. The summed E-state index contributed by atoms with van der Waals surface area (Å²) in [6.07, 6.45) is 2.03. The molecule has 0 aromatic rings. The van der Waals surface area contributed by atoms with Crippen LogP contribution in [0.4, 0.5) is 0 Å². The zero-order valence-electron chi connectivity index (χ0n) is 13.7. The summed E-state index contributed by atoms with van der Waals surface area (Å²) in [5.41, 5.74) is 0.0166. The number of aliphatic imine (C=N–C) groups is 1. The van der Waals surface area contributed by atoms with Crippen LogP contribution in [0.25, 0.3) is 0 Å². The lowest BCUT2D eigenvalue weighted by Crippen LogP contribution is -2.37. The fourth-order valence-corrected chi connectivity index (χ4v) is 1.88. The molecule has 7 heteroatoms. The SMILES string of the molecule is COC(=O)CC[C@H](N=CCC1OCC(C)(C)CO1)C(=O)OC. The normalized spacial score (nSPS) is 19.8. The Bertz CT molecular complexity index is 397. The van der Waals surface area contributed by atoms with Gasteiger partial charge in [0.25, 0.3) is 0 Å². The van der Waals surface area contributed by atoms with E-state index in [-0.39, 0.29) is 30.5 Å². The maximum atomic E-state index is 11.6. The van der Waals surface area contributed by atoms with Gasteiger partial charge in [-0.05, 0) is 6.42 Å². The molecule has 126 valence electrons. The Labute approximate surface area is 131 Å². The van der Waals surface area contributed by atoms with Gasteiger partial charge in [0.05, 0.1) is 27.4 Å². The summed E-state index contributed by atoms with van der Waals surface area (Å²) in [6, 6.07) is -0.718. The third-order valence-corrected chi connectivity index (χ3v) is 3.23. The number of hydrogen-bond donors (Lipinski definition) is 0. The largest absolute Gasteiger partial charge is 0.469 e. The average Bonchev–Trinajstić information content (AvgIpc) is 2.50. The Hall–Kier alpha value is -1.47. The lowest BCUT2D eigenvalue weighted by Gasteiger charge is -2.34. The van der Waals surface area contributed by atoms with Gasteiger partial charge in [0.15, 0.2) is 6.29 Å². The van der Waals surface area contributed by atoms with Crippen molar-refractivity contribution in [2.24, 2.45) is 10.4 Å². The van der Waals surface area contributed by atoms with Crippen molar-refractivity contribution in [3.8, 4) is 0 Å². The number of ether oxygens (including phenoxy) is 4. The predicted octanol–water partition coefficient (Wildman–Crippen LogP) is 1.34. The Balaban J connectivity index is 2.44. The van der Waals surface area contributed by atoms with Gasteiger partial charge in [-0.1, -0.05) is 13.8 Å². The van der Waals surface area contributed by atoms with Crippen molar-refractivity contribution in [2.75, 3.05) is 27.4 Å². The minimum atomic E-state index is -0.718. The van der Waals surface area contributed by atoms with Gasteiger partial charge in [-0.25, -0.2) is 4.79 Å². The number of hydrogen-bond acceptors (Lipinski definition) is 7. The minimum Gasteiger partial charge on any atom is -0.469 e. The van der Waals surface area contributed by atoms with E-state index in [1.807, 2.05) is 0 Å². The van der Waals surface area contributed by atoms with E-state index in [9.17, 15) is 9.59 Å². The van der Waals surface area contributed by atoms with Crippen molar-refractivity contribution in [2.45, 2.75) is 45.4 Å². The Morgan fingerprint density at radius 2 is 1.91 bits per heavy atom. The van der Waals surface area contributed by atoms with Crippen LogP contribution in [-0.4, -0.2) is 57.9 Å². The van der Waals surface area contributed by atoms with E-state index in [1.54, 1.807) is 6.21 Å². The lowest BCUT2D eigenvalue weighted by molar-refractivity contribution is -0.217. The Kier molecular flexibility index (Phi) is 7.47. The summed E-state index contributed by atoms with van der Waals surface area (Å²) in [5.74, 6) is -0.864. The van der Waals surface area contributed by atoms with E-state index in [1.165, 1.54) is 14.2 Å². The number of carbonyl (C=O) groups excluding carboxylic acids is 2. The maximum Gasteiger partial charge on any atom is 0.330 e. The quantitative estimate of drug-likeness (QED) is 0.521. The van der Waals surface area contributed by atoms with Crippen molar-refractivity contribution < 1.29 is 28.5 Å².